The average molecular weight is 395 g/mol. The van der Waals surface area contributed by atoms with Crippen LogP contribution in [0.5, 0.6) is 5.75 Å². The number of benzene rings is 1. The highest BCUT2D eigenvalue weighted by atomic mass is 32.2. The van der Waals surface area contributed by atoms with Crippen LogP contribution >= 0.6 is 11.3 Å². The Morgan fingerprint density at radius 2 is 2.27 bits per heavy atom. The molecule has 0 spiro atoms. The molecule has 7 nitrogen and oxygen atoms in total. The van der Waals surface area contributed by atoms with Crippen molar-refractivity contribution >= 4 is 34.2 Å². The number of thiazole rings is 1. The van der Waals surface area contributed by atoms with Gasteiger partial charge in [0.15, 0.2) is 0 Å². The number of cyclic esters (lactones) is 1. The fraction of sp³-hybridized carbons (Fsp3) is 0.412. The molecule has 1 N–H and O–H groups in total. The van der Waals surface area contributed by atoms with Crippen molar-refractivity contribution in [3.63, 3.8) is 0 Å². The average Bonchev–Trinajstić information content (AvgIpc) is 3.06. The van der Waals surface area contributed by atoms with Gasteiger partial charge in [0.2, 0.25) is 0 Å². The zero-order valence-corrected chi connectivity index (χ0v) is 16.0. The number of anilines is 1. The van der Waals surface area contributed by atoms with Crippen LogP contribution in [0.2, 0.25) is 0 Å². The minimum absolute atomic E-state index is 0.268. The SMILES string of the molecule is CC1(C)OC(=O)Nc2ccc(OCCC(Cc3cncs3)S(=O)[O-])cc21. The molecular formula is C17H19N2O5S2-. The fourth-order valence-corrected chi connectivity index (χ4v) is 4.17. The second-order valence-corrected chi connectivity index (χ2v) is 8.58. The van der Waals surface area contributed by atoms with Crippen LogP contribution in [0.25, 0.3) is 0 Å². The van der Waals surface area contributed by atoms with E-state index in [-0.39, 0.29) is 6.61 Å². The molecule has 0 fully saturated rings. The largest absolute Gasteiger partial charge is 0.772 e. The lowest BCUT2D eigenvalue weighted by atomic mass is 9.94. The van der Waals surface area contributed by atoms with Crippen molar-refractivity contribution in [1.29, 1.82) is 0 Å². The molecule has 0 saturated heterocycles. The van der Waals surface area contributed by atoms with Gasteiger partial charge in [-0.25, -0.2) is 4.79 Å². The van der Waals surface area contributed by atoms with Gasteiger partial charge in [-0.2, -0.15) is 0 Å². The van der Waals surface area contributed by atoms with Crippen LogP contribution in [0.1, 0.15) is 30.7 Å². The summed E-state index contributed by atoms with van der Waals surface area (Å²) in [5.41, 5.74) is 2.42. The van der Waals surface area contributed by atoms with Crippen LogP contribution in [-0.2, 0) is 27.8 Å². The second-order valence-electron chi connectivity index (χ2n) is 6.42. The molecule has 9 heteroatoms. The van der Waals surface area contributed by atoms with Crippen LogP contribution in [0, 0.1) is 0 Å². The highest BCUT2D eigenvalue weighted by molar-refractivity contribution is 7.79. The van der Waals surface area contributed by atoms with E-state index in [1.54, 1.807) is 43.8 Å². The summed E-state index contributed by atoms with van der Waals surface area (Å²) in [7, 11) is 0. The number of nitrogens with one attached hydrogen (secondary N) is 1. The summed E-state index contributed by atoms with van der Waals surface area (Å²) in [5, 5.41) is 2.13. The van der Waals surface area contributed by atoms with E-state index in [1.807, 2.05) is 0 Å². The molecule has 2 unspecified atom stereocenters. The van der Waals surface area contributed by atoms with Crippen molar-refractivity contribution in [1.82, 2.24) is 4.98 Å². The Morgan fingerprint density at radius 1 is 1.46 bits per heavy atom. The van der Waals surface area contributed by atoms with Crippen LogP contribution in [0.4, 0.5) is 10.5 Å². The minimum atomic E-state index is -2.18. The molecule has 1 aliphatic heterocycles. The van der Waals surface area contributed by atoms with E-state index in [2.05, 4.69) is 10.3 Å². The molecule has 0 bridgehead atoms. The van der Waals surface area contributed by atoms with E-state index in [0.29, 0.717) is 24.3 Å². The maximum atomic E-state index is 11.5. The number of amides is 1. The molecule has 2 aromatic rings. The van der Waals surface area contributed by atoms with Gasteiger partial charge >= 0.3 is 6.09 Å². The lowest BCUT2D eigenvalue weighted by molar-refractivity contribution is 0.0418. The standard InChI is InChI=1S/C17H20N2O5S2/c1-17(2)14-7-11(3-4-15(14)19-16(20)24-17)23-6-5-13(26(21)22)8-12-9-18-10-25-12/h3-4,7,9-10,13H,5-6,8H2,1-2H3,(H,19,20)(H,21,22)/p-1. The topological polar surface area (TPSA) is 101 Å². The molecule has 1 aromatic carbocycles. The Balaban J connectivity index is 1.63. The molecular weight excluding hydrogens is 376 g/mol. The predicted molar refractivity (Wildman–Crippen MR) is 98.2 cm³/mol. The van der Waals surface area contributed by atoms with Gasteiger partial charge in [-0.3, -0.25) is 14.5 Å². The van der Waals surface area contributed by atoms with Crippen LogP contribution in [0.15, 0.2) is 29.9 Å². The van der Waals surface area contributed by atoms with Crippen molar-refractivity contribution in [3.8, 4) is 5.75 Å². The Bertz CT molecular complexity index is 807. The van der Waals surface area contributed by atoms with Crippen molar-refractivity contribution in [2.24, 2.45) is 0 Å². The van der Waals surface area contributed by atoms with Gasteiger partial charge in [0, 0.05) is 21.9 Å². The number of ether oxygens (including phenoxy) is 2. The quantitative estimate of drug-likeness (QED) is 0.723. The third kappa shape index (κ3) is 4.40. The molecule has 140 valence electrons. The summed E-state index contributed by atoms with van der Waals surface area (Å²) in [6.45, 7) is 3.88. The molecule has 1 aliphatic rings. The first-order chi connectivity index (χ1) is 12.3. The molecule has 2 atom stereocenters. The van der Waals surface area contributed by atoms with E-state index in [0.717, 1.165) is 10.4 Å². The van der Waals surface area contributed by atoms with Gasteiger partial charge < -0.3 is 14.0 Å². The summed E-state index contributed by atoms with van der Waals surface area (Å²) >= 11 is -0.743. The summed E-state index contributed by atoms with van der Waals surface area (Å²) in [4.78, 5) is 16.4. The number of carbonyl (C=O) groups excluding carboxylic acids is 1. The molecule has 0 aliphatic carbocycles. The van der Waals surface area contributed by atoms with E-state index in [1.165, 1.54) is 11.3 Å². The number of hydrogen-bond acceptors (Lipinski definition) is 7. The normalized spacial score (nSPS) is 17.6. The van der Waals surface area contributed by atoms with Gasteiger partial charge in [-0.05, 0) is 44.9 Å². The van der Waals surface area contributed by atoms with E-state index < -0.39 is 28.0 Å². The predicted octanol–water partition coefficient (Wildman–Crippen LogP) is 3.20. The number of nitrogens with zero attached hydrogens (tertiary/aromatic N) is 1. The van der Waals surface area contributed by atoms with E-state index in [9.17, 15) is 13.6 Å². The molecule has 1 amide bonds. The molecule has 0 radical (unpaired) electrons. The van der Waals surface area contributed by atoms with Gasteiger partial charge in [-0.15, -0.1) is 11.3 Å². The Hall–Kier alpha value is -1.97. The van der Waals surface area contributed by atoms with Crippen LogP contribution in [0.3, 0.4) is 0 Å². The Morgan fingerprint density at radius 3 is 2.96 bits per heavy atom. The zero-order valence-electron chi connectivity index (χ0n) is 14.4. The Labute approximate surface area is 158 Å². The van der Waals surface area contributed by atoms with Crippen LogP contribution < -0.4 is 10.1 Å². The lowest BCUT2D eigenvalue weighted by Crippen LogP contribution is -2.34. The van der Waals surface area contributed by atoms with Gasteiger partial charge in [0.05, 0.1) is 17.8 Å². The summed E-state index contributed by atoms with van der Waals surface area (Å²) in [6, 6.07) is 5.31. The van der Waals surface area contributed by atoms with Crippen molar-refractivity contribution in [2.45, 2.75) is 37.5 Å². The first-order valence-corrected chi connectivity index (χ1v) is 10.1. The molecule has 26 heavy (non-hydrogen) atoms. The molecule has 3 rings (SSSR count). The van der Waals surface area contributed by atoms with Gasteiger partial charge in [0.1, 0.15) is 11.4 Å². The number of carbonyl (C=O) groups is 1. The molecule has 0 saturated carbocycles. The van der Waals surface area contributed by atoms with Gasteiger partial charge in [-0.1, -0.05) is 11.1 Å². The second kappa shape index (κ2) is 7.73. The lowest BCUT2D eigenvalue weighted by Gasteiger charge is -2.32. The first kappa shape index (κ1) is 18.8. The first-order valence-electron chi connectivity index (χ1n) is 8.08. The Kier molecular flexibility index (Phi) is 5.59. The number of hydrogen-bond donors (Lipinski definition) is 1. The highest BCUT2D eigenvalue weighted by Gasteiger charge is 2.33. The van der Waals surface area contributed by atoms with Crippen molar-refractivity contribution < 1.29 is 23.0 Å². The number of aromatic nitrogens is 1. The maximum Gasteiger partial charge on any atom is 0.412 e. The summed E-state index contributed by atoms with van der Waals surface area (Å²) < 4.78 is 33.9. The van der Waals surface area contributed by atoms with Crippen molar-refractivity contribution in [3.05, 3.63) is 40.3 Å². The van der Waals surface area contributed by atoms with Crippen LogP contribution in [-0.4, -0.2) is 31.7 Å². The summed E-state index contributed by atoms with van der Waals surface area (Å²) in [6.07, 6.45) is 2.01. The summed E-state index contributed by atoms with van der Waals surface area (Å²) in [5.74, 6) is 0.602. The van der Waals surface area contributed by atoms with Crippen molar-refractivity contribution in [2.75, 3.05) is 11.9 Å². The van der Waals surface area contributed by atoms with E-state index in [4.69, 9.17) is 9.47 Å². The minimum Gasteiger partial charge on any atom is -0.772 e. The maximum absolute atomic E-state index is 11.5. The molecule has 1 aromatic heterocycles. The van der Waals surface area contributed by atoms with Gasteiger partial charge in [0.25, 0.3) is 0 Å². The number of fused-ring (bicyclic) bond motifs is 1. The fourth-order valence-electron chi connectivity index (χ4n) is 2.78. The third-order valence-corrected chi connectivity index (χ3v) is 5.87. The highest BCUT2D eigenvalue weighted by Crippen LogP contribution is 2.37. The monoisotopic (exact) mass is 395 g/mol. The zero-order chi connectivity index (χ0) is 18.7. The third-order valence-electron chi connectivity index (χ3n) is 4.12. The molecule has 2 heterocycles. The van der Waals surface area contributed by atoms with E-state index >= 15 is 0 Å². The smallest absolute Gasteiger partial charge is 0.412 e. The number of rotatable bonds is 7.